The SMILES string of the molecule is CCO/N=C(/c1ccc(NC(=O)c2ccc(S(=O)(=O)N3CCc4ccccc43)cc2)c(C(=O)O)c1)C(C)C. The topological polar surface area (TPSA) is 125 Å². The van der Waals surface area contributed by atoms with Crippen molar-refractivity contribution in [3.63, 3.8) is 0 Å². The number of aromatic carboxylic acids is 1. The molecular formula is C28H29N3O6S. The van der Waals surface area contributed by atoms with Gasteiger partial charge < -0.3 is 15.3 Å². The summed E-state index contributed by atoms with van der Waals surface area (Å²) < 4.78 is 27.8. The third kappa shape index (κ3) is 5.40. The molecule has 0 radical (unpaired) electrons. The fourth-order valence-corrected chi connectivity index (χ4v) is 5.78. The Hall–Kier alpha value is -4.18. The van der Waals surface area contributed by atoms with Gasteiger partial charge in [0.1, 0.15) is 6.61 Å². The molecule has 9 nitrogen and oxygen atoms in total. The number of amides is 1. The van der Waals surface area contributed by atoms with Gasteiger partial charge in [0.2, 0.25) is 0 Å². The Morgan fingerprint density at radius 1 is 1.05 bits per heavy atom. The lowest BCUT2D eigenvalue weighted by molar-refractivity contribution is 0.0698. The van der Waals surface area contributed by atoms with Gasteiger partial charge in [-0.3, -0.25) is 9.10 Å². The minimum atomic E-state index is -3.80. The molecule has 0 saturated heterocycles. The fourth-order valence-electron chi connectivity index (χ4n) is 4.27. The van der Waals surface area contributed by atoms with E-state index in [0.29, 0.717) is 36.5 Å². The lowest BCUT2D eigenvalue weighted by Gasteiger charge is -2.19. The maximum atomic E-state index is 13.2. The maximum Gasteiger partial charge on any atom is 0.337 e. The second-order valence-corrected chi connectivity index (χ2v) is 10.9. The van der Waals surface area contributed by atoms with E-state index in [4.69, 9.17) is 4.84 Å². The molecule has 0 spiro atoms. The number of rotatable bonds is 9. The Labute approximate surface area is 221 Å². The molecule has 1 aliphatic heterocycles. The van der Waals surface area contributed by atoms with Gasteiger partial charge in [0.15, 0.2) is 0 Å². The first-order valence-electron chi connectivity index (χ1n) is 12.2. The number of para-hydroxylation sites is 1. The Morgan fingerprint density at radius 3 is 2.39 bits per heavy atom. The molecule has 38 heavy (non-hydrogen) atoms. The van der Waals surface area contributed by atoms with Crippen LogP contribution in [0.4, 0.5) is 11.4 Å². The monoisotopic (exact) mass is 535 g/mol. The summed E-state index contributed by atoms with van der Waals surface area (Å²) in [4.78, 5) is 30.1. The van der Waals surface area contributed by atoms with Gasteiger partial charge in [-0.15, -0.1) is 0 Å². The second kappa shape index (κ2) is 11.1. The summed E-state index contributed by atoms with van der Waals surface area (Å²) in [6.07, 6.45) is 0.636. The lowest BCUT2D eigenvalue weighted by atomic mass is 9.97. The van der Waals surface area contributed by atoms with E-state index < -0.39 is 21.9 Å². The van der Waals surface area contributed by atoms with E-state index in [1.807, 2.05) is 26.0 Å². The zero-order valence-electron chi connectivity index (χ0n) is 21.3. The number of benzene rings is 3. The van der Waals surface area contributed by atoms with E-state index in [1.54, 1.807) is 25.1 Å². The van der Waals surface area contributed by atoms with Crippen LogP contribution in [0, 0.1) is 5.92 Å². The number of oxime groups is 1. The maximum absolute atomic E-state index is 13.2. The van der Waals surface area contributed by atoms with Crippen LogP contribution in [0.2, 0.25) is 0 Å². The normalized spacial score (nSPS) is 13.4. The Balaban J connectivity index is 1.55. The number of nitrogens with zero attached hydrogens (tertiary/aromatic N) is 2. The number of anilines is 2. The van der Waals surface area contributed by atoms with Gasteiger partial charge >= 0.3 is 5.97 Å². The number of carboxylic acid groups (broad SMARTS) is 1. The predicted molar refractivity (Wildman–Crippen MR) is 145 cm³/mol. The van der Waals surface area contributed by atoms with Crippen molar-refractivity contribution >= 4 is 39.0 Å². The summed E-state index contributed by atoms with van der Waals surface area (Å²) in [6, 6.07) is 17.6. The molecule has 0 aromatic heterocycles. The third-order valence-electron chi connectivity index (χ3n) is 6.18. The van der Waals surface area contributed by atoms with Gasteiger partial charge in [0.25, 0.3) is 15.9 Å². The third-order valence-corrected chi connectivity index (χ3v) is 8.01. The van der Waals surface area contributed by atoms with Gasteiger partial charge in [0, 0.05) is 17.7 Å². The largest absolute Gasteiger partial charge is 0.478 e. The van der Waals surface area contributed by atoms with Crippen LogP contribution in [0.3, 0.4) is 0 Å². The molecule has 0 aliphatic carbocycles. The minimum Gasteiger partial charge on any atom is -0.478 e. The number of hydrogen-bond donors (Lipinski definition) is 2. The molecule has 4 rings (SSSR count). The fraction of sp³-hybridized carbons (Fsp3) is 0.250. The first kappa shape index (κ1) is 26.9. The highest BCUT2D eigenvalue weighted by molar-refractivity contribution is 7.92. The number of carboxylic acids is 1. The van der Waals surface area contributed by atoms with E-state index in [2.05, 4.69) is 10.5 Å². The minimum absolute atomic E-state index is 0.0209. The van der Waals surface area contributed by atoms with Crippen LogP contribution in [0.1, 0.15) is 52.6 Å². The van der Waals surface area contributed by atoms with Crippen molar-refractivity contribution in [1.82, 2.24) is 0 Å². The summed E-state index contributed by atoms with van der Waals surface area (Å²) in [7, 11) is -3.80. The quantitative estimate of drug-likeness (QED) is 0.300. The van der Waals surface area contributed by atoms with Crippen molar-refractivity contribution in [2.45, 2.75) is 32.1 Å². The molecule has 1 heterocycles. The molecule has 0 bridgehead atoms. The average Bonchev–Trinajstić information content (AvgIpc) is 3.34. The van der Waals surface area contributed by atoms with Crippen molar-refractivity contribution in [3.8, 4) is 0 Å². The van der Waals surface area contributed by atoms with Crippen LogP contribution in [0.5, 0.6) is 0 Å². The summed E-state index contributed by atoms with van der Waals surface area (Å²) in [5.74, 6) is -1.80. The zero-order chi connectivity index (χ0) is 27.4. The molecule has 10 heteroatoms. The number of carbonyl (C=O) groups is 2. The first-order chi connectivity index (χ1) is 18.1. The van der Waals surface area contributed by atoms with Crippen molar-refractivity contribution < 1.29 is 28.0 Å². The van der Waals surface area contributed by atoms with Crippen molar-refractivity contribution in [1.29, 1.82) is 0 Å². The molecule has 1 amide bonds. The number of fused-ring (bicyclic) bond motifs is 1. The van der Waals surface area contributed by atoms with E-state index in [1.165, 1.54) is 40.7 Å². The highest BCUT2D eigenvalue weighted by atomic mass is 32.2. The highest BCUT2D eigenvalue weighted by Crippen LogP contribution is 2.32. The lowest BCUT2D eigenvalue weighted by Crippen LogP contribution is -2.29. The van der Waals surface area contributed by atoms with E-state index in [9.17, 15) is 23.1 Å². The summed E-state index contributed by atoms with van der Waals surface area (Å²) in [6.45, 7) is 6.37. The molecule has 0 saturated carbocycles. The van der Waals surface area contributed by atoms with E-state index in [0.717, 1.165) is 5.56 Å². The van der Waals surface area contributed by atoms with Crippen molar-refractivity contribution in [2.24, 2.45) is 11.1 Å². The molecule has 0 atom stereocenters. The molecular weight excluding hydrogens is 506 g/mol. The Bertz CT molecular complexity index is 1500. The first-order valence-corrected chi connectivity index (χ1v) is 13.7. The van der Waals surface area contributed by atoms with Crippen LogP contribution in [0.25, 0.3) is 0 Å². The van der Waals surface area contributed by atoms with Crippen LogP contribution in [0.15, 0.2) is 76.8 Å². The van der Waals surface area contributed by atoms with Crippen molar-refractivity contribution in [2.75, 3.05) is 22.8 Å². The zero-order valence-corrected chi connectivity index (χ0v) is 22.2. The highest BCUT2D eigenvalue weighted by Gasteiger charge is 2.30. The van der Waals surface area contributed by atoms with E-state index in [-0.39, 0.29) is 27.6 Å². The van der Waals surface area contributed by atoms with Crippen LogP contribution >= 0.6 is 0 Å². The Kier molecular flexibility index (Phi) is 7.82. The van der Waals surface area contributed by atoms with Gasteiger partial charge in [-0.05, 0) is 67.3 Å². The van der Waals surface area contributed by atoms with Gasteiger partial charge in [-0.2, -0.15) is 0 Å². The van der Waals surface area contributed by atoms with Crippen LogP contribution in [-0.4, -0.2) is 44.3 Å². The standard InChI is InChI=1S/C28H29N3O6S/c1-4-37-30-26(18(2)3)21-11-14-24(23(17-21)28(33)34)29-27(32)20-9-12-22(13-10-20)38(35,36)31-16-15-19-7-5-6-8-25(19)31/h5-14,17-18H,4,15-16H2,1-3H3,(H,29,32)(H,33,34)/b30-26+. The number of carbonyl (C=O) groups excluding carboxylic acids is 1. The van der Waals surface area contributed by atoms with E-state index >= 15 is 0 Å². The summed E-state index contributed by atoms with van der Waals surface area (Å²) in [5.41, 5.74) is 2.98. The number of hydrogen-bond acceptors (Lipinski definition) is 6. The molecule has 0 fully saturated rings. The van der Waals surface area contributed by atoms with Gasteiger partial charge in [0.05, 0.1) is 27.5 Å². The molecule has 0 unspecified atom stereocenters. The predicted octanol–water partition coefficient (Wildman–Crippen LogP) is 4.79. The molecule has 198 valence electrons. The Morgan fingerprint density at radius 2 is 1.74 bits per heavy atom. The van der Waals surface area contributed by atoms with Crippen LogP contribution < -0.4 is 9.62 Å². The van der Waals surface area contributed by atoms with Crippen molar-refractivity contribution in [3.05, 3.63) is 89.0 Å². The number of sulfonamides is 1. The summed E-state index contributed by atoms with van der Waals surface area (Å²) in [5, 5.41) is 16.5. The average molecular weight is 536 g/mol. The van der Waals surface area contributed by atoms with Gasteiger partial charge in [-0.1, -0.05) is 43.3 Å². The summed E-state index contributed by atoms with van der Waals surface area (Å²) >= 11 is 0. The van der Waals surface area contributed by atoms with Crippen LogP contribution in [-0.2, 0) is 21.3 Å². The smallest absolute Gasteiger partial charge is 0.337 e. The van der Waals surface area contributed by atoms with Gasteiger partial charge in [-0.25, -0.2) is 13.2 Å². The molecule has 1 aliphatic rings. The molecule has 3 aromatic carbocycles. The molecule has 2 N–H and O–H groups in total. The number of nitrogens with one attached hydrogen (secondary N) is 1. The second-order valence-electron chi connectivity index (χ2n) is 9.05. The molecule has 3 aromatic rings.